The molecular formula is C23H28Cl2N8. The summed E-state index contributed by atoms with van der Waals surface area (Å²) in [5.74, 6) is 13.0. The molecule has 8 nitrogen and oxygen atoms in total. The maximum atomic E-state index is 6.45. The number of anilines is 1. The summed E-state index contributed by atoms with van der Waals surface area (Å²) in [5, 5.41) is 7.95. The second-order valence-electron chi connectivity index (χ2n) is 8.28. The molecule has 0 radical (unpaired) electrons. The number of piperazine rings is 1. The molecule has 0 spiro atoms. The molecule has 2 aromatic heterocycles. The number of benzene rings is 1. The van der Waals surface area contributed by atoms with Gasteiger partial charge in [-0.15, -0.1) is 0 Å². The Kier molecular flexibility index (Phi) is 7.19. The lowest BCUT2D eigenvalue weighted by Crippen LogP contribution is -2.54. The van der Waals surface area contributed by atoms with Gasteiger partial charge in [-0.05, 0) is 31.5 Å². The van der Waals surface area contributed by atoms with E-state index >= 15 is 0 Å². The number of halogens is 2. The number of hydrazone groups is 1. The summed E-state index contributed by atoms with van der Waals surface area (Å²) >= 11 is 12.8. The molecule has 0 saturated carbocycles. The van der Waals surface area contributed by atoms with Crippen molar-refractivity contribution >= 4 is 45.6 Å². The summed E-state index contributed by atoms with van der Waals surface area (Å²) in [6, 6.07) is 9.88. The van der Waals surface area contributed by atoms with Crippen molar-refractivity contribution in [1.82, 2.24) is 19.9 Å². The van der Waals surface area contributed by atoms with Gasteiger partial charge in [-0.2, -0.15) is 5.10 Å². The van der Waals surface area contributed by atoms with Crippen molar-refractivity contribution in [2.24, 2.45) is 16.8 Å². The molecule has 1 atom stereocenters. The molecule has 10 heteroatoms. The van der Waals surface area contributed by atoms with Gasteiger partial charge in [0.2, 0.25) is 0 Å². The van der Waals surface area contributed by atoms with Gasteiger partial charge in [0, 0.05) is 56.2 Å². The third kappa shape index (κ3) is 4.70. The van der Waals surface area contributed by atoms with Crippen molar-refractivity contribution in [3.05, 3.63) is 64.5 Å². The van der Waals surface area contributed by atoms with Crippen LogP contribution in [0.15, 0.2) is 54.0 Å². The quantitative estimate of drug-likeness (QED) is 0.245. The van der Waals surface area contributed by atoms with E-state index in [4.69, 9.17) is 34.9 Å². The highest BCUT2D eigenvalue weighted by Gasteiger charge is 2.34. The van der Waals surface area contributed by atoms with Gasteiger partial charge >= 0.3 is 0 Å². The molecule has 1 fully saturated rings. The molecule has 1 aromatic carbocycles. The average molecular weight is 487 g/mol. The minimum atomic E-state index is -0.235. The Morgan fingerprint density at radius 1 is 1.06 bits per heavy atom. The van der Waals surface area contributed by atoms with Crippen LogP contribution in [0.3, 0.4) is 0 Å². The van der Waals surface area contributed by atoms with E-state index in [0.29, 0.717) is 15.9 Å². The Morgan fingerprint density at radius 2 is 1.73 bits per heavy atom. The van der Waals surface area contributed by atoms with Crippen molar-refractivity contribution in [1.29, 1.82) is 0 Å². The Morgan fingerprint density at radius 3 is 2.36 bits per heavy atom. The summed E-state index contributed by atoms with van der Waals surface area (Å²) in [4.78, 5) is 13.1. The standard InChI is InChI=1S/C23H28Cl2N8/c1-15(2)33(27)23(30-26)21(17-7-8-29-20-6-4-3-5-16(17)20)31-9-11-32(12-10-31)22-18(24)13-28-14-19(22)25/h3-8,13-15,21H,9-12,26-27H2,1-2H3/b30-23-. The predicted molar refractivity (Wildman–Crippen MR) is 135 cm³/mol. The highest BCUT2D eigenvalue weighted by Crippen LogP contribution is 2.35. The molecule has 1 aliphatic heterocycles. The van der Waals surface area contributed by atoms with Crippen LogP contribution in [0, 0.1) is 0 Å². The van der Waals surface area contributed by atoms with E-state index in [1.54, 1.807) is 17.4 Å². The maximum absolute atomic E-state index is 6.45. The number of aromatic nitrogens is 2. The summed E-state index contributed by atoms with van der Waals surface area (Å²) < 4.78 is 0. The summed E-state index contributed by atoms with van der Waals surface area (Å²) in [7, 11) is 0. The minimum Gasteiger partial charge on any atom is -0.366 e. The van der Waals surface area contributed by atoms with Crippen molar-refractivity contribution in [3.8, 4) is 0 Å². The number of hydrogen-bond acceptors (Lipinski definition) is 7. The zero-order valence-electron chi connectivity index (χ0n) is 18.7. The van der Waals surface area contributed by atoms with Crippen LogP contribution in [-0.4, -0.2) is 57.9 Å². The molecule has 4 N–H and O–H groups in total. The molecule has 4 rings (SSSR count). The second-order valence-corrected chi connectivity index (χ2v) is 9.10. The normalized spacial score (nSPS) is 16.4. The largest absolute Gasteiger partial charge is 0.366 e. The first kappa shape index (κ1) is 23.5. The van der Waals surface area contributed by atoms with Crippen molar-refractivity contribution in [2.75, 3.05) is 31.1 Å². The SMILES string of the molecule is CC(C)N(N)/C(=N\N)C(c1ccnc2ccccc12)N1CCN(c2c(Cl)cncc2Cl)CC1. The van der Waals surface area contributed by atoms with Gasteiger partial charge in [-0.25, -0.2) is 5.84 Å². The van der Waals surface area contributed by atoms with E-state index in [0.717, 1.165) is 48.3 Å². The number of hydrogen-bond donors (Lipinski definition) is 2. The van der Waals surface area contributed by atoms with E-state index in [-0.39, 0.29) is 12.1 Å². The van der Waals surface area contributed by atoms with Crippen LogP contribution in [0.2, 0.25) is 10.0 Å². The lowest BCUT2D eigenvalue weighted by Gasteiger charge is -2.42. The fraction of sp³-hybridized carbons (Fsp3) is 0.348. The zero-order valence-corrected chi connectivity index (χ0v) is 20.2. The Balaban J connectivity index is 1.71. The molecule has 0 aliphatic carbocycles. The highest BCUT2D eigenvalue weighted by atomic mass is 35.5. The smallest absolute Gasteiger partial charge is 0.160 e. The van der Waals surface area contributed by atoms with Crippen molar-refractivity contribution < 1.29 is 0 Å². The van der Waals surface area contributed by atoms with Crippen molar-refractivity contribution in [2.45, 2.75) is 25.9 Å². The second kappa shape index (κ2) is 10.1. The highest BCUT2D eigenvalue weighted by molar-refractivity contribution is 6.38. The fourth-order valence-corrected chi connectivity index (χ4v) is 4.91. The third-order valence-corrected chi connectivity index (χ3v) is 6.55. The summed E-state index contributed by atoms with van der Waals surface area (Å²) in [5.41, 5.74) is 2.79. The molecule has 1 unspecified atom stereocenters. The number of para-hydroxylation sites is 1. The number of hydrazine groups is 1. The number of nitrogens with zero attached hydrogens (tertiary/aromatic N) is 6. The molecule has 3 heterocycles. The lowest BCUT2D eigenvalue weighted by atomic mass is 9.98. The van der Waals surface area contributed by atoms with Crippen LogP contribution in [0.4, 0.5) is 5.69 Å². The van der Waals surface area contributed by atoms with E-state index < -0.39 is 0 Å². The third-order valence-electron chi connectivity index (χ3n) is 6.00. The fourth-order valence-electron chi connectivity index (χ4n) is 4.31. The Hall–Kier alpha value is -2.65. The first-order valence-corrected chi connectivity index (χ1v) is 11.6. The van der Waals surface area contributed by atoms with Gasteiger partial charge in [-0.1, -0.05) is 41.4 Å². The number of rotatable bonds is 5. The van der Waals surface area contributed by atoms with E-state index in [9.17, 15) is 0 Å². The van der Waals surface area contributed by atoms with Crippen molar-refractivity contribution in [3.63, 3.8) is 0 Å². The molecule has 1 saturated heterocycles. The van der Waals surface area contributed by atoms with Gasteiger partial charge in [0.15, 0.2) is 5.84 Å². The van der Waals surface area contributed by atoms with Gasteiger partial charge < -0.3 is 10.7 Å². The summed E-state index contributed by atoms with van der Waals surface area (Å²) in [6.07, 6.45) is 5.06. The Bertz CT molecular complexity index is 1120. The van der Waals surface area contributed by atoms with Crippen LogP contribution < -0.4 is 16.6 Å². The molecule has 1 aliphatic rings. The molecule has 0 amide bonds. The van der Waals surface area contributed by atoms with Gasteiger partial charge in [0.25, 0.3) is 0 Å². The first-order chi connectivity index (χ1) is 15.9. The molecular weight excluding hydrogens is 459 g/mol. The topological polar surface area (TPSA) is 99.9 Å². The predicted octanol–water partition coefficient (Wildman–Crippen LogP) is 3.66. The van der Waals surface area contributed by atoms with Crippen LogP contribution in [0.25, 0.3) is 10.9 Å². The van der Waals surface area contributed by atoms with E-state index in [1.165, 1.54) is 0 Å². The number of amidine groups is 1. The summed E-state index contributed by atoms with van der Waals surface area (Å²) in [6.45, 7) is 6.96. The monoisotopic (exact) mass is 486 g/mol. The molecule has 33 heavy (non-hydrogen) atoms. The van der Waals surface area contributed by atoms with Crippen LogP contribution >= 0.6 is 23.2 Å². The Labute approximate surface area is 203 Å². The zero-order chi connectivity index (χ0) is 23.5. The molecule has 3 aromatic rings. The van der Waals surface area contributed by atoms with Gasteiger partial charge in [0.05, 0.1) is 27.3 Å². The number of pyridine rings is 2. The van der Waals surface area contributed by atoms with Crippen LogP contribution in [-0.2, 0) is 0 Å². The minimum absolute atomic E-state index is 0.0265. The molecule has 174 valence electrons. The van der Waals surface area contributed by atoms with E-state index in [1.807, 2.05) is 44.3 Å². The van der Waals surface area contributed by atoms with Crippen LogP contribution in [0.1, 0.15) is 25.5 Å². The number of fused-ring (bicyclic) bond motifs is 1. The number of nitrogens with two attached hydrogens (primary N) is 2. The maximum Gasteiger partial charge on any atom is 0.160 e. The van der Waals surface area contributed by atoms with Gasteiger partial charge in [-0.3, -0.25) is 19.9 Å². The van der Waals surface area contributed by atoms with Crippen LogP contribution in [0.5, 0.6) is 0 Å². The molecule has 0 bridgehead atoms. The average Bonchev–Trinajstić information content (AvgIpc) is 2.82. The first-order valence-electron chi connectivity index (χ1n) is 10.9. The van der Waals surface area contributed by atoms with Gasteiger partial charge in [0.1, 0.15) is 0 Å². The lowest BCUT2D eigenvalue weighted by molar-refractivity contribution is 0.209. The van der Waals surface area contributed by atoms with E-state index in [2.05, 4.69) is 30.9 Å².